The Kier molecular flexibility index (Phi) is 3.25. The van der Waals surface area contributed by atoms with Crippen LogP contribution >= 0.6 is 0 Å². The van der Waals surface area contributed by atoms with Gasteiger partial charge in [-0.2, -0.15) is 4.98 Å². The number of rotatable bonds is 4. The zero-order valence-electron chi connectivity index (χ0n) is 10.1. The summed E-state index contributed by atoms with van der Waals surface area (Å²) in [4.78, 5) is 4.42. The SMILES string of the molecule is CCOC(C)(C)c1noc([C@@H]2CCCN2)n1. The molecule has 1 fully saturated rings. The fraction of sp³-hybridized carbons (Fsp3) is 0.818. The maximum absolute atomic E-state index is 5.59. The van der Waals surface area contributed by atoms with Crippen LogP contribution in [0.5, 0.6) is 0 Å². The molecule has 5 heteroatoms. The Balaban J connectivity index is 2.12. The molecule has 1 atom stereocenters. The molecule has 0 unspecified atom stereocenters. The number of nitrogens with one attached hydrogen (secondary N) is 1. The average molecular weight is 225 g/mol. The van der Waals surface area contributed by atoms with Gasteiger partial charge in [0.25, 0.3) is 0 Å². The van der Waals surface area contributed by atoms with Crippen LogP contribution < -0.4 is 5.32 Å². The molecule has 16 heavy (non-hydrogen) atoms. The van der Waals surface area contributed by atoms with E-state index in [1.807, 2.05) is 20.8 Å². The largest absolute Gasteiger partial charge is 0.368 e. The van der Waals surface area contributed by atoms with Gasteiger partial charge in [0.05, 0.1) is 6.04 Å². The molecule has 1 aliphatic heterocycles. The Morgan fingerprint density at radius 3 is 3.00 bits per heavy atom. The van der Waals surface area contributed by atoms with Crippen molar-refractivity contribution in [1.29, 1.82) is 0 Å². The Morgan fingerprint density at radius 2 is 2.38 bits per heavy atom. The van der Waals surface area contributed by atoms with Gasteiger partial charge in [0, 0.05) is 6.61 Å². The monoisotopic (exact) mass is 225 g/mol. The normalized spacial score (nSPS) is 21.6. The fourth-order valence-electron chi connectivity index (χ4n) is 1.94. The predicted molar refractivity (Wildman–Crippen MR) is 58.9 cm³/mol. The van der Waals surface area contributed by atoms with Crippen LogP contribution in [0.4, 0.5) is 0 Å². The summed E-state index contributed by atoms with van der Waals surface area (Å²) >= 11 is 0. The van der Waals surface area contributed by atoms with Gasteiger partial charge in [-0.25, -0.2) is 0 Å². The van der Waals surface area contributed by atoms with E-state index in [4.69, 9.17) is 9.26 Å². The number of nitrogens with zero attached hydrogens (tertiary/aromatic N) is 2. The third kappa shape index (κ3) is 2.25. The topological polar surface area (TPSA) is 60.2 Å². The van der Waals surface area contributed by atoms with Crippen molar-refractivity contribution in [2.24, 2.45) is 0 Å². The van der Waals surface area contributed by atoms with Gasteiger partial charge in [0.15, 0.2) is 0 Å². The zero-order chi connectivity index (χ0) is 11.6. The van der Waals surface area contributed by atoms with Crippen molar-refractivity contribution in [1.82, 2.24) is 15.5 Å². The highest BCUT2D eigenvalue weighted by Gasteiger charge is 2.30. The summed E-state index contributed by atoms with van der Waals surface area (Å²) in [6, 6.07) is 0.221. The van der Waals surface area contributed by atoms with Crippen LogP contribution in [0.25, 0.3) is 0 Å². The summed E-state index contributed by atoms with van der Waals surface area (Å²) in [6.07, 6.45) is 2.23. The quantitative estimate of drug-likeness (QED) is 0.846. The van der Waals surface area contributed by atoms with Crippen molar-refractivity contribution in [3.05, 3.63) is 11.7 Å². The molecule has 1 aromatic heterocycles. The van der Waals surface area contributed by atoms with Gasteiger partial charge in [0.2, 0.25) is 11.7 Å². The molecule has 2 rings (SSSR count). The molecular weight excluding hydrogens is 206 g/mol. The fourth-order valence-corrected chi connectivity index (χ4v) is 1.94. The summed E-state index contributed by atoms with van der Waals surface area (Å²) < 4.78 is 10.9. The Labute approximate surface area is 95.6 Å². The summed E-state index contributed by atoms with van der Waals surface area (Å²) in [5.41, 5.74) is -0.477. The third-order valence-electron chi connectivity index (χ3n) is 2.84. The second-order valence-corrected chi connectivity index (χ2v) is 4.55. The van der Waals surface area contributed by atoms with Gasteiger partial charge in [-0.15, -0.1) is 0 Å². The van der Waals surface area contributed by atoms with E-state index in [9.17, 15) is 0 Å². The second kappa shape index (κ2) is 4.51. The standard InChI is InChI=1S/C11H19N3O2/c1-4-15-11(2,3)10-13-9(16-14-10)8-6-5-7-12-8/h8,12H,4-7H2,1-3H3/t8-/m0/s1. The number of aromatic nitrogens is 2. The van der Waals surface area contributed by atoms with Crippen LogP contribution in [0.15, 0.2) is 4.52 Å². The molecule has 0 aromatic carbocycles. The minimum absolute atomic E-state index is 0.221. The molecule has 1 aliphatic rings. The lowest BCUT2D eigenvalue weighted by Gasteiger charge is -2.19. The first-order valence-corrected chi connectivity index (χ1v) is 5.85. The van der Waals surface area contributed by atoms with Crippen LogP contribution in [0.3, 0.4) is 0 Å². The van der Waals surface area contributed by atoms with E-state index in [0.717, 1.165) is 19.4 Å². The van der Waals surface area contributed by atoms with E-state index in [0.29, 0.717) is 18.3 Å². The van der Waals surface area contributed by atoms with Crippen LogP contribution in [0.2, 0.25) is 0 Å². The molecule has 2 heterocycles. The molecule has 5 nitrogen and oxygen atoms in total. The van der Waals surface area contributed by atoms with Crippen molar-refractivity contribution in [2.75, 3.05) is 13.2 Å². The van der Waals surface area contributed by atoms with Crippen LogP contribution in [0, 0.1) is 0 Å². The summed E-state index contributed by atoms with van der Waals surface area (Å²) in [6.45, 7) is 7.53. The van der Waals surface area contributed by atoms with E-state index < -0.39 is 5.60 Å². The maximum atomic E-state index is 5.59. The van der Waals surface area contributed by atoms with Crippen LogP contribution in [0.1, 0.15) is 51.4 Å². The van der Waals surface area contributed by atoms with Gasteiger partial charge in [0.1, 0.15) is 5.60 Å². The molecule has 0 aliphatic carbocycles. The van der Waals surface area contributed by atoms with E-state index in [2.05, 4.69) is 15.5 Å². The highest BCUT2D eigenvalue weighted by Crippen LogP contribution is 2.26. The molecule has 1 N–H and O–H groups in total. The van der Waals surface area contributed by atoms with E-state index in [1.165, 1.54) is 0 Å². The molecule has 90 valence electrons. The van der Waals surface area contributed by atoms with Crippen LogP contribution in [-0.4, -0.2) is 23.3 Å². The first-order chi connectivity index (χ1) is 7.63. The number of hydrogen-bond donors (Lipinski definition) is 1. The molecule has 0 bridgehead atoms. The Bertz CT molecular complexity index is 343. The molecule has 1 aromatic rings. The number of hydrogen-bond acceptors (Lipinski definition) is 5. The van der Waals surface area contributed by atoms with Crippen molar-refractivity contribution in [3.8, 4) is 0 Å². The summed E-state index contributed by atoms with van der Waals surface area (Å²) in [5.74, 6) is 1.30. The maximum Gasteiger partial charge on any atom is 0.243 e. The highest BCUT2D eigenvalue weighted by molar-refractivity contribution is 5.01. The Hall–Kier alpha value is -0.940. The van der Waals surface area contributed by atoms with Gasteiger partial charge >= 0.3 is 0 Å². The molecule has 0 spiro atoms. The lowest BCUT2D eigenvalue weighted by Crippen LogP contribution is -2.23. The average Bonchev–Trinajstić information content (AvgIpc) is 2.89. The van der Waals surface area contributed by atoms with E-state index in [-0.39, 0.29) is 6.04 Å². The minimum atomic E-state index is -0.477. The smallest absolute Gasteiger partial charge is 0.243 e. The molecule has 0 radical (unpaired) electrons. The van der Waals surface area contributed by atoms with Crippen molar-refractivity contribution >= 4 is 0 Å². The summed E-state index contributed by atoms with van der Waals surface area (Å²) in [5, 5.41) is 7.33. The van der Waals surface area contributed by atoms with Crippen molar-refractivity contribution < 1.29 is 9.26 Å². The van der Waals surface area contributed by atoms with E-state index >= 15 is 0 Å². The van der Waals surface area contributed by atoms with Gasteiger partial charge < -0.3 is 14.6 Å². The third-order valence-corrected chi connectivity index (χ3v) is 2.84. The molecule has 0 saturated carbocycles. The predicted octanol–water partition coefficient (Wildman–Crippen LogP) is 1.77. The summed E-state index contributed by atoms with van der Waals surface area (Å²) in [7, 11) is 0. The van der Waals surface area contributed by atoms with E-state index in [1.54, 1.807) is 0 Å². The van der Waals surface area contributed by atoms with Crippen LogP contribution in [-0.2, 0) is 10.3 Å². The molecule has 0 amide bonds. The van der Waals surface area contributed by atoms with Gasteiger partial charge in [-0.3, -0.25) is 0 Å². The van der Waals surface area contributed by atoms with Crippen molar-refractivity contribution in [3.63, 3.8) is 0 Å². The van der Waals surface area contributed by atoms with Crippen molar-refractivity contribution in [2.45, 2.75) is 45.3 Å². The lowest BCUT2D eigenvalue weighted by molar-refractivity contribution is -0.0221. The first kappa shape index (κ1) is 11.5. The molecule has 1 saturated heterocycles. The molecular formula is C11H19N3O2. The number of ether oxygens (including phenoxy) is 1. The first-order valence-electron chi connectivity index (χ1n) is 5.85. The second-order valence-electron chi connectivity index (χ2n) is 4.55. The highest BCUT2D eigenvalue weighted by atomic mass is 16.5. The zero-order valence-corrected chi connectivity index (χ0v) is 10.1. The van der Waals surface area contributed by atoms with Gasteiger partial charge in [-0.1, -0.05) is 5.16 Å². The Morgan fingerprint density at radius 1 is 1.56 bits per heavy atom. The lowest BCUT2D eigenvalue weighted by atomic mass is 10.1. The minimum Gasteiger partial charge on any atom is -0.368 e. The van der Waals surface area contributed by atoms with Gasteiger partial charge in [-0.05, 0) is 40.2 Å².